The first kappa shape index (κ1) is 7.85. The topological polar surface area (TPSA) is 29.5 Å². The fourth-order valence-corrected chi connectivity index (χ4v) is 0.728. The lowest BCUT2D eigenvalue weighted by Gasteiger charge is -2.03. The minimum absolute atomic E-state index is 0.0163. The summed E-state index contributed by atoms with van der Waals surface area (Å²) in [5.74, 6) is 0.367. The summed E-state index contributed by atoms with van der Waals surface area (Å²) in [5.41, 5.74) is 0. The lowest BCUT2D eigenvalue weighted by atomic mass is 10.3. The molecule has 2 nitrogen and oxygen atoms in total. The second kappa shape index (κ2) is 3.81. The lowest BCUT2D eigenvalue weighted by molar-refractivity contribution is 0.262. The Kier molecular flexibility index (Phi) is 2.72. The van der Waals surface area contributed by atoms with Crippen molar-refractivity contribution in [1.29, 1.82) is 0 Å². The van der Waals surface area contributed by atoms with Gasteiger partial charge in [0.05, 0.1) is 0 Å². The van der Waals surface area contributed by atoms with Crippen LogP contribution in [0.25, 0.3) is 0 Å². The Bertz CT molecular complexity index is 225. The van der Waals surface area contributed by atoms with Gasteiger partial charge in [-0.05, 0) is 12.1 Å². The summed E-state index contributed by atoms with van der Waals surface area (Å²) in [6.45, 7) is -0.564. The molecule has 11 heavy (non-hydrogen) atoms. The molecule has 1 rings (SSSR count). The van der Waals surface area contributed by atoms with Crippen molar-refractivity contribution >= 4 is 0 Å². The van der Waals surface area contributed by atoms with Crippen molar-refractivity contribution in [2.45, 2.75) is 0 Å². The predicted molar refractivity (Wildman–Crippen MR) is 39.6 cm³/mol. The lowest BCUT2D eigenvalue weighted by Crippen LogP contribution is -1.98. The van der Waals surface area contributed by atoms with Crippen molar-refractivity contribution in [3.05, 3.63) is 24.3 Å². The largest absolute Gasteiger partial charge is 0.504 e. The molecule has 0 aliphatic heterocycles. The molecule has 1 N–H and O–H groups in total. The van der Waals surface area contributed by atoms with Crippen LogP contribution in [-0.4, -0.2) is 18.4 Å². The summed E-state index contributed by atoms with van der Waals surface area (Å²) in [4.78, 5) is 0. The minimum atomic E-state index is -0.547. The van der Waals surface area contributed by atoms with Crippen molar-refractivity contribution in [3.8, 4) is 11.5 Å². The van der Waals surface area contributed by atoms with E-state index in [0.29, 0.717) is 5.75 Å². The number of aromatic hydroxyl groups is 1. The highest BCUT2D eigenvalue weighted by Crippen LogP contribution is 2.23. The zero-order valence-corrected chi connectivity index (χ0v) is 5.96. The van der Waals surface area contributed by atoms with Gasteiger partial charge in [-0.15, -0.1) is 0 Å². The molecule has 0 spiro atoms. The third-order valence-electron chi connectivity index (χ3n) is 1.20. The minimum Gasteiger partial charge on any atom is -0.504 e. The first-order valence-corrected chi connectivity index (χ1v) is 3.31. The zero-order valence-electron chi connectivity index (χ0n) is 5.96. The predicted octanol–water partition coefficient (Wildman–Crippen LogP) is 1.74. The number of ether oxygens (including phenoxy) is 1. The number of hydrogen-bond donors (Lipinski definition) is 1. The average molecular weight is 156 g/mol. The Hall–Kier alpha value is -1.25. The Balaban J connectivity index is 2.62. The summed E-state index contributed by atoms with van der Waals surface area (Å²) < 4.78 is 16.5. The van der Waals surface area contributed by atoms with Crippen LogP contribution >= 0.6 is 0 Å². The normalized spacial score (nSPS) is 9.55. The molecular weight excluding hydrogens is 147 g/mol. The SMILES string of the molecule is Oc1ccccc1OCCF. The van der Waals surface area contributed by atoms with Crippen LogP contribution in [-0.2, 0) is 0 Å². The molecule has 0 amide bonds. The van der Waals surface area contributed by atoms with Gasteiger partial charge in [-0.1, -0.05) is 12.1 Å². The van der Waals surface area contributed by atoms with Crippen molar-refractivity contribution in [1.82, 2.24) is 0 Å². The third-order valence-corrected chi connectivity index (χ3v) is 1.20. The van der Waals surface area contributed by atoms with E-state index < -0.39 is 6.67 Å². The average Bonchev–Trinajstić information content (AvgIpc) is 2.03. The van der Waals surface area contributed by atoms with Gasteiger partial charge in [-0.25, -0.2) is 4.39 Å². The molecule has 0 radical (unpaired) electrons. The van der Waals surface area contributed by atoms with Gasteiger partial charge in [-0.3, -0.25) is 0 Å². The van der Waals surface area contributed by atoms with E-state index >= 15 is 0 Å². The van der Waals surface area contributed by atoms with Crippen LogP contribution in [0.2, 0.25) is 0 Å². The van der Waals surface area contributed by atoms with Gasteiger partial charge in [0.15, 0.2) is 11.5 Å². The van der Waals surface area contributed by atoms with Gasteiger partial charge in [0.1, 0.15) is 13.3 Å². The maximum atomic E-state index is 11.6. The maximum absolute atomic E-state index is 11.6. The fourth-order valence-electron chi connectivity index (χ4n) is 0.728. The number of alkyl halides is 1. The molecule has 0 saturated heterocycles. The molecule has 0 fully saturated rings. The van der Waals surface area contributed by atoms with Crippen LogP contribution in [0.1, 0.15) is 0 Å². The molecule has 0 aliphatic carbocycles. The first-order chi connectivity index (χ1) is 5.34. The molecule has 0 atom stereocenters. The molecule has 0 bridgehead atoms. The number of phenols is 1. The second-order valence-electron chi connectivity index (χ2n) is 2.01. The summed E-state index contributed by atoms with van der Waals surface area (Å²) in [6, 6.07) is 6.48. The van der Waals surface area contributed by atoms with Crippen LogP contribution in [0, 0.1) is 0 Å². The highest BCUT2D eigenvalue weighted by molar-refractivity contribution is 5.37. The monoisotopic (exact) mass is 156 g/mol. The molecule has 0 aromatic heterocycles. The third kappa shape index (κ3) is 2.11. The smallest absolute Gasteiger partial charge is 0.161 e. The fraction of sp³-hybridized carbons (Fsp3) is 0.250. The van der Waals surface area contributed by atoms with Gasteiger partial charge in [-0.2, -0.15) is 0 Å². The van der Waals surface area contributed by atoms with E-state index in [1.54, 1.807) is 18.2 Å². The molecule has 1 aromatic rings. The number of hydrogen-bond acceptors (Lipinski definition) is 2. The molecule has 60 valence electrons. The number of benzene rings is 1. The van der Waals surface area contributed by atoms with Crippen molar-refractivity contribution in [2.75, 3.05) is 13.3 Å². The summed E-state index contributed by atoms with van der Waals surface area (Å²) in [6.07, 6.45) is 0. The summed E-state index contributed by atoms with van der Waals surface area (Å²) in [7, 11) is 0. The van der Waals surface area contributed by atoms with Gasteiger partial charge < -0.3 is 9.84 Å². The van der Waals surface area contributed by atoms with Crippen molar-refractivity contribution in [3.63, 3.8) is 0 Å². The molecule has 1 aromatic carbocycles. The Labute approximate surface area is 64.2 Å². The van der Waals surface area contributed by atoms with Crippen LogP contribution < -0.4 is 4.74 Å². The van der Waals surface area contributed by atoms with Crippen LogP contribution in [0.15, 0.2) is 24.3 Å². The highest BCUT2D eigenvalue weighted by Gasteiger charge is 1.97. The molecule has 0 aliphatic rings. The summed E-state index contributed by atoms with van der Waals surface area (Å²) >= 11 is 0. The van der Waals surface area contributed by atoms with E-state index in [-0.39, 0.29) is 12.4 Å². The van der Waals surface area contributed by atoms with E-state index in [2.05, 4.69) is 0 Å². The number of phenolic OH excluding ortho intramolecular Hbond substituents is 1. The van der Waals surface area contributed by atoms with Crippen molar-refractivity contribution < 1.29 is 14.2 Å². The Morgan fingerprint density at radius 1 is 1.36 bits per heavy atom. The van der Waals surface area contributed by atoms with Gasteiger partial charge in [0.25, 0.3) is 0 Å². The number of para-hydroxylation sites is 2. The zero-order chi connectivity index (χ0) is 8.10. The van der Waals surface area contributed by atoms with Crippen LogP contribution in [0.3, 0.4) is 0 Å². The standard InChI is InChI=1S/C8H9FO2/c9-5-6-11-8-4-2-1-3-7(8)10/h1-4,10H,5-6H2. The number of rotatable bonds is 3. The maximum Gasteiger partial charge on any atom is 0.161 e. The van der Waals surface area contributed by atoms with E-state index in [1.165, 1.54) is 6.07 Å². The molecule has 0 saturated carbocycles. The van der Waals surface area contributed by atoms with Gasteiger partial charge in [0.2, 0.25) is 0 Å². The van der Waals surface area contributed by atoms with Crippen LogP contribution in [0.4, 0.5) is 4.39 Å². The van der Waals surface area contributed by atoms with Crippen molar-refractivity contribution in [2.24, 2.45) is 0 Å². The Morgan fingerprint density at radius 3 is 2.73 bits per heavy atom. The molecule has 0 unspecified atom stereocenters. The molecule has 3 heteroatoms. The second-order valence-corrected chi connectivity index (χ2v) is 2.01. The van der Waals surface area contributed by atoms with E-state index in [9.17, 15) is 4.39 Å². The quantitative estimate of drug-likeness (QED) is 0.722. The first-order valence-electron chi connectivity index (χ1n) is 3.31. The van der Waals surface area contributed by atoms with E-state index in [4.69, 9.17) is 9.84 Å². The molecular formula is C8H9FO2. The Morgan fingerprint density at radius 2 is 2.09 bits per heavy atom. The van der Waals surface area contributed by atoms with E-state index in [1.807, 2.05) is 0 Å². The summed E-state index contributed by atoms with van der Waals surface area (Å²) in [5, 5.41) is 9.09. The van der Waals surface area contributed by atoms with Gasteiger partial charge in [0, 0.05) is 0 Å². The number of halogens is 1. The van der Waals surface area contributed by atoms with E-state index in [0.717, 1.165) is 0 Å². The highest BCUT2D eigenvalue weighted by atomic mass is 19.1. The van der Waals surface area contributed by atoms with Gasteiger partial charge >= 0.3 is 0 Å². The molecule has 0 heterocycles. The van der Waals surface area contributed by atoms with Crippen LogP contribution in [0.5, 0.6) is 11.5 Å².